The van der Waals surface area contributed by atoms with Crippen molar-refractivity contribution in [3.05, 3.63) is 35.9 Å². The second kappa shape index (κ2) is 5.03. The fourth-order valence-electron chi connectivity index (χ4n) is 2.64. The van der Waals surface area contributed by atoms with Crippen LogP contribution in [0.1, 0.15) is 32.8 Å². The molecule has 0 radical (unpaired) electrons. The molecule has 1 fully saturated rings. The van der Waals surface area contributed by atoms with E-state index in [0.29, 0.717) is 6.42 Å². The number of carbonyl (C=O) groups excluding carboxylic acids is 2. The monoisotopic (exact) mass is 262 g/mol. The first-order valence-electron chi connectivity index (χ1n) is 6.38. The van der Waals surface area contributed by atoms with Crippen LogP contribution in [0, 0.1) is 5.92 Å². The topological polar surface area (TPSA) is 52.6 Å². The molecule has 0 saturated heterocycles. The van der Waals surface area contributed by atoms with E-state index in [0.717, 1.165) is 5.56 Å². The Morgan fingerprint density at radius 1 is 1.21 bits per heavy atom. The maximum Gasteiger partial charge on any atom is 0.303 e. The molecular formula is C15H18O4. The zero-order valence-electron chi connectivity index (χ0n) is 11.4. The summed E-state index contributed by atoms with van der Waals surface area (Å²) in [5.41, 5.74) is 0.316. The van der Waals surface area contributed by atoms with Crippen molar-refractivity contribution >= 4 is 11.9 Å². The van der Waals surface area contributed by atoms with Crippen LogP contribution in [0.3, 0.4) is 0 Å². The SMILES string of the molecule is CC(=O)OC(C)C1CC1(OC(C)=O)c1ccccc1. The lowest BCUT2D eigenvalue weighted by atomic mass is 10.0. The number of hydrogen-bond acceptors (Lipinski definition) is 4. The normalized spacial score (nSPS) is 26.4. The van der Waals surface area contributed by atoms with Crippen molar-refractivity contribution in [2.75, 3.05) is 0 Å². The first kappa shape index (κ1) is 13.6. The van der Waals surface area contributed by atoms with E-state index in [1.165, 1.54) is 13.8 Å². The molecule has 102 valence electrons. The summed E-state index contributed by atoms with van der Waals surface area (Å²) >= 11 is 0. The summed E-state index contributed by atoms with van der Waals surface area (Å²) in [5.74, 6) is -0.617. The Balaban J connectivity index is 2.21. The second-order valence-corrected chi connectivity index (χ2v) is 4.97. The molecule has 1 saturated carbocycles. The molecule has 2 rings (SSSR count). The van der Waals surface area contributed by atoms with Gasteiger partial charge < -0.3 is 9.47 Å². The summed E-state index contributed by atoms with van der Waals surface area (Å²) in [7, 11) is 0. The van der Waals surface area contributed by atoms with Crippen LogP contribution < -0.4 is 0 Å². The second-order valence-electron chi connectivity index (χ2n) is 4.97. The highest BCUT2D eigenvalue weighted by Crippen LogP contribution is 2.57. The number of benzene rings is 1. The van der Waals surface area contributed by atoms with Gasteiger partial charge in [0, 0.05) is 26.2 Å². The molecule has 1 aromatic rings. The summed E-state index contributed by atoms with van der Waals surface area (Å²) in [6, 6.07) is 9.60. The van der Waals surface area contributed by atoms with Gasteiger partial charge in [-0.15, -0.1) is 0 Å². The Morgan fingerprint density at radius 3 is 2.37 bits per heavy atom. The van der Waals surface area contributed by atoms with Gasteiger partial charge in [0.1, 0.15) is 11.7 Å². The summed E-state index contributed by atoms with van der Waals surface area (Å²) < 4.78 is 10.7. The largest absolute Gasteiger partial charge is 0.462 e. The van der Waals surface area contributed by atoms with Crippen molar-refractivity contribution < 1.29 is 19.1 Å². The molecule has 19 heavy (non-hydrogen) atoms. The third kappa shape index (κ3) is 2.78. The Labute approximate surface area is 112 Å². The summed E-state index contributed by atoms with van der Waals surface area (Å²) in [6.45, 7) is 4.62. The Morgan fingerprint density at radius 2 is 1.84 bits per heavy atom. The minimum atomic E-state index is -0.637. The van der Waals surface area contributed by atoms with Gasteiger partial charge >= 0.3 is 11.9 Å². The molecule has 0 N–H and O–H groups in total. The van der Waals surface area contributed by atoms with Gasteiger partial charge in [0.05, 0.1) is 0 Å². The van der Waals surface area contributed by atoms with Crippen LogP contribution in [0.15, 0.2) is 30.3 Å². The molecule has 3 unspecified atom stereocenters. The standard InChI is InChI=1S/C15H18O4/c1-10(18-11(2)16)14-9-15(14,19-12(3)17)13-7-5-4-6-8-13/h4-8,10,14H,9H2,1-3H3. The lowest BCUT2D eigenvalue weighted by molar-refractivity contribution is -0.153. The Hall–Kier alpha value is -1.84. The van der Waals surface area contributed by atoms with Crippen molar-refractivity contribution in [3.8, 4) is 0 Å². The van der Waals surface area contributed by atoms with E-state index < -0.39 is 5.60 Å². The fraction of sp³-hybridized carbons (Fsp3) is 0.467. The minimum absolute atomic E-state index is 0.0164. The lowest BCUT2D eigenvalue weighted by Crippen LogP contribution is -2.25. The van der Waals surface area contributed by atoms with E-state index in [1.54, 1.807) is 0 Å². The van der Waals surface area contributed by atoms with E-state index in [-0.39, 0.29) is 24.0 Å². The van der Waals surface area contributed by atoms with Gasteiger partial charge in [-0.2, -0.15) is 0 Å². The Kier molecular flexibility index (Phi) is 3.60. The minimum Gasteiger partial charge on any atom is -0.462 e. The van der Waals surface area contributed by atoms with E-state index in [1.807, 2.05) is 37.3 Å². The smallest absolute Gasteiger partial charge is 0.303 e. The van der Waals surface area contributed by atoms with E-state index in [4.69, 9.17) is 9.47 Å². The Bertz CT molecular complexity index is 482. The molecule has 1 aromatic carbocycles. The number of hydrogen-bond donors (Lipinski definition) is 0. The van der Waals surface area contributed by atoms with Crippen LogP contribution in [-0.4, -0.2) is 18.0 Å². The van der Waals surface area contributed by atoms with E-state index in [2.05, 4.69) is 0 Å². The summed E-state index contributed by atoms with van der Waals surface area (Å²) in [6.07, 6.45) is 0.419. The maximum absolute atomic E-state index is 11.3. The molecule has 4 nitrogen and oxygen atoms in total. The van der Waals surface area contributed by atoms with Crippen molar-refractivity contribution in [3.63, 3.8) is 0 Å². The van der Waals surface area contributed by atoms with Gasteiger partial charge in [-0.3, -0.25) is 9.59 Å². The van der Waals surface area contributed by atoms with Crippen molar-refractivity contribution in [1.29, 1.82) is 0 Å². The molecule has 0 heterocycles. The molecular weight excluding hydrogens is 244 g/mol. The average molecular weight is 262 g/mol. The molecule has 0 bridgehead atoms. The number of esters is 2. The molecule has 0 spiro atoms. The first-order valence-corrected chi connectivity index (χ1v) is 6.38. The van der Waals surface area contributed by atoms with Gasteiger partial charge in [0.25, 0.3) is 0 Å². The predicted molar refractivity (Wildman–Crippen MR) is 69.2 cm³/mol. The highest BCUT2D eigenvalue weighted by molar-refractivity contribution is 5.68. The highest BCUT2D eigenvalue weighted by atomic mass is 16.6. The number of rotatable bonds is 4. The van der Waals surface area contributed by atoms with Crippen LogP contribution in [0.25, 0.3) is 0 Å². The third-order valence-electron chi connectivity index (χ3n) is 3.47. The van der Waals surface area contributed by atoms with E-state index >= 15 is 0 Å². The van der Waals surface area contributed by atoms with Crippen molar-refractivity contribution in [2.45, 2.75) is 38.9 Å². The van der Waals surface area contributed by atoms with Crippen molar-refractivity contribution in [2.24, 2.45) is 5.92 Å². The first-order chi connectivity index (χ1) is 8.95. The molecule has 0 aromatic heterocycles. The highest BCUT2D eigenvalue weighted by Gasteiger charge is 2.62. The van der Waals surface area contributed by atoms with Gasteiger partial charge in [-0.05, 0) is 12.5 Å². The lowest BCUT2D eigenvalue weighted by Gasteiger charge is -2.21. The summed E-state index contributed by atoms with van der Waals surface area (Å²) in [5, 5.41) is 0. The zero-order valence-corrected chi connectivity index (χ0v) is 11.4. The van der Waals surface area contributed by atoms with Crippen molar-refractivity contribution in [1.82, 2.24) is 0 Å². The zero-order chi connectivity index (χ0) is 14.0. The maximum atomic E-state index is 11.3. The molecule has 0 aliphatic heterocycles. The average Bonchev–Trinajstić information content (AvgIpc) is 3.04. The molecule has 1 aliphatic carbocycles. The molecule has 0 amide bonds. The molecule has 3 atom stereocenters. The fourth-order valence-corrected chi connectivity index (χ4v) is 2.64. The van der Waals surface area contributed by atoms with E-state index in [9.17, 15) is 9.59 Å². The van der Waals surface area contributed by atoms with Crippen LogP contribution in [0.4, 0.5) is 0 Å². The predicted octanol–water partition coefficient (Wildman–Crippen LogP) is 2.42. The molecule has 1 aliphatic rings. The summed E-state index contributed by atoms with van der Waals surface area (Å²) in [4.78, 5) is 22.4. The quantitative estimate of drug-likeness (QED) is 0.782. The van der Waals surface area contributed by atoms with Gasteiger partial charge in [-0.25, -0.2) is 0 Å². The van der Waals surface area contributed by atoms with Gasteiger partial charge in [0.15, 0.2) is 0 Å². The number of carbonyl (C=O) groups is 2. The number of ether oxygens (including phenoxy) is 2. The van der Waals surface area contributed by atoms with Gasteiger partial charge in [0.2, 0.25) is 0 Å². The van der Waals surface area contributed by atoms with Crippen LogP contribution in [0.5, 0.6) is 0 Å². The van der Waals surface area contributed by atoms with Gasteiger partial charge in [-0.1, -0.05) is 30.3 Å². The third-order valence-corrected chi connectivity index (χ3v) is 3.47. The molecule has 4 heteroatoms. The van der Waals surface area contributed by atoms with Crippen LogP contribution in [-0.2, 0) is 24.7 Å². The van der Waals surface area contributed by atoms with Crippen LogP contribution in [0.2, 0.25) is 0 Å². The van der Waals surface area contributed by atoms with Crippen LogP contribution >= 0.6 is 0 Å².